The maximum atomic E-state index is 5.20. The first kappa shape index (κ1) is 16.6. The van der Waals surface area contributed by atoms with E-state index in [0.29, 0.717) is 12.0 Å². The molecule has 0 aromatic heterocycles. The second-order valence-corrected chi connectivity index (χ2v) is 6.41. The molecule has 0 heterocycles. The summed E-state index contributed by atoms with van der Waals surface area (Å²) in [6, 6.07) is 18.9. The highest BCUT2D eigenvalue weighted by atomic mass is 16.5. The molecule has 1 aliphatic carbocycles. The minimum Gasteiger partial charge on any atom is -0.497 e. The van der Waals surface area contributed by atoms with Gasteiger partial charge in [0.2, 0.25) is 0 Å². The summed E-state index contributed by atoms with van der Waals surface area (Å²) in [6.07, 6.45) is 7.06. The van der Waals surface area contributed by atoms with Crippen molar-refractivity contribution in [3.63, 3.8) is 0 Å². The van der Waals surface area contributed by atoms with Crippen LogP contribution in [0.4, 0.5) is 5.69 Å². The highest BCUT2D eigenvalue weighted by Crippen LogP contribution is 2.27. The third-order valence-corrected chi connectivity index (χ3v) is 4.74. The number of anilines is 1. The molecule has 3 rings (SSSR count). The maximum Gasteiger partial charge on any atom is 0.118 e. The molecule has 2 aromatic rings. The van der Waals surface area contributed by atoms with Crippen LogP contribution in [0.5, 0.6) is 5.75 Å². The van der Waals surface area contributed by atoms with Crippen LogP contribution in [-0.2, 0) is 0 Å². The summed E-state index contributed by atoms with van der Waals surface area (Å²) < 4.78 is 5.20. The summed E-state index contributed by atoms with van der Waals surface area (Å²) in [5.41, 5.74) is 2.33. The molecule has 0 aliphatic heterocycles. The van der Waals surface area contributed by atoms with Crippen molar-refractivity contribution < 1.29 is 4.74 Å². The fourth-order valence-electron chi connectivity index (χ4n) is 3.30. The van der Waals surface area contributed by atoms with E-state index in [4.69, 9.17) is 9.73 Å². The van der Waals surface area contributed by atoms with Gasteiger partial charge in [0, 0.05) is 18.4 Å². The summed E-state index contributed by atoms with van der Waals surface area (Å²) in [5.74, 6) is 1.49. The Kier molecular flexibility index (Phi) is 5.89. The van der Waals surface area contributed by atoms with Gasteiger partial charge in [-0.1, -0.05) is 31.0 Å². The Morgan fingerprint density at radius 1 is 1.04 bits per heavy atom. The van der Waals surface area contributed by atoms with E-state index in [1.807, 2.05) is 24.4 Å². The molecule has 0 unspecified atom stereocenters. The van der Waals surface area contributed by atoms with Crippen LogP contribution in [0.25, 0.3) is 0 Å². The summed E-state index contributed by atoms with van der Waals surface area (Å²) in [5, 5.41) is 3.57. The van der Waals surface area contributed by atoms with Gasteiger partial charge in [-0.05, 0) is 60.7 Å². The van der Waals surface area contributed by atoms with E-state index >= 15 is 0 Å². The van der Waals surface area contributed by atoms with Crippen molar-refractivity contribution in [2.24, 2.45) is 10.9 Å². The molecule has 2 atom stereocenters. The zero-order valence-corrected chi connectivity index (χ0v) is 14.3. The molecule has 1 saturated carbocycles. The molecule has 3 nitrogen and oxygen atoms in total. The van der Waals surface area contributed by atoms with Crippen LogP contribution in [0.1, 0.15) is 31.2 Å². The lowest BCUT2D eigenvalue weighted by Crippen LogP contribution is -2.29. The lowest BCUT2D eigenvalue weighted by atomic mass is 9.84. The van der Waals surface area contributed by atoms with Crippen molar-refractivity contribution in [3.05, 3.63) is 60.2 Å². The van der Waals surface area contributed by atoms with Crippen LogP contribution >= 0.6 is 0 Å². The molecule has 0 radical (unpaired) electrons. The number of aliphatic imine (C=N–C) groups is 1. The van der Waals surface area contributed by atoms with Crippen molar-refractivity contribution in [1.29, 1.82) is 0 Å². The lowest BCUT2D eigenvalue weighted by Gasteiger charge is -2.29. The molecule has 126 valence electrons. The van der Waals surface area contributed by atoms with E-state index < -0.39 is 0 Å². The minimum absolute atomic E-state index is 0.414. The third-order valence-electron chi connectivity index (χ3n) is 4.74. The SMILES string of the molecule is COc1ccc(C=N[C@@H]2CCCC[C@@H]2CNc2ccccc2)cc1. The summed E-state index contributed by atoms with van der Waals surface area (Å²) in [7, 11) is 1.69. The average Bonchev–Trinajstić information content (AvgIpc) is 2.66. The van der Waals surface area contributed by atoms with Gasteiger partial charge in [-0.15, -0.1) is 0 Å². The minimum atomic E-state index is 0.414. The molecule has 3 heteroatoms. The maximum absolute atomic E-state index is 5.20. The molecule has 24 heavy (non-hydrogen) atoms. The topological polar surface area (TPSA) is 33.6 Å². The largest absolute Gasteiger partial charge is 0.497 e. The van der Waals surface area contributed by atoms with Crippen LogP contribution in [-0.4, -0.2) is 25.9 Å². The molecule has 1 N–H and O–H groups in total. The Hall–Kier alpha value is -2.29. The van der Waals surface area contributed by atoms with Gasteiger partial charge < -0.3 is 10.1 Å². The quantitative estimate of drug-likeness (QED) is 0.776. The predicted molar refractivity (Wildman–Crippen MR) is 101 cm³/mol. The fraction of sp³-hybridized carbons (Fsp3) is 0.381. The number of rotatable bonds is 6. The monoisotopic (exact) mass is 322 g/mol. The van der Waals surface area contributed by atoms with Gasteiger partial charge in [0.25, 0.3) is 0 Å². The average molecular weight is 322 g/mol. The molecule has 0 spiro atoms. The summed E-state index contributed by atoms with van der Waals surface area (Å²) >= 11 is 0. The van der Waals surface area contributed by atoms with Gasteiger partial charge in [-0.3, -0.25) is 4.99 Å². The number of nitrogens with zero attached hydrogens (tertiary/aromatic N) is 1. The molecular formula is C21H26N2O. The highest BCUT2D eigenvalue weighted by Gasteiger charge is 2.23. The smallest absolute Gasteiger partial charge is 0.118 e. The van der Waals surface area contributed by atoms with Crippen LogP contribution in [0, 0.1) is 5.92 Å². The van der Waals surface area contributed by atoms with Crippen LogP contribution in [0.2, 0.25) is 0 Å². The Balaban J connectivity index is 1.60. The fourth-order valence-corrected chi connectivity index (χ4v) is 3.30. The third kappa shape index (κ3) is 4.60. The van der Waals surface area contributed by atoms with Crippen molar-refractivity contribution in [2.75, 3.05) is 19.0 Å². The van der Waals surface area contributed by atoms with E-state index in [1.165, 1.54) is 31.4 Å². The first-order valence-electron chi connectivity index (χ1n) is 8.81. The van der Waals surface area contributed by atoms with E-state index in [0.717, 1.165) is 17.9 Å². The van der Waals surface area contributed by atoms with Crippen molar-refractivity contribution in [1.82, 2.24) is 0 Å². The Bertz CT molecular complexity index is 637. The molecule has 1 fully saturated rings. The van der Waals surface area contributed by atoms with Crippen molar-refractivity contribution >= 4 is 11.9 Å². The standard InChI is InChI=1S/C21H26N2O/c1-24-20-13-11-17(12-14-20)15-23-21-10-6-5-7-18(21)16-22-19-8-3-2-4-9-19/h2-4,8-9,11-15,18,21-22H,5-7,10,16H2,1H3/t18-,21-/m1/s1. The van der Waals surface area contributed by atoms with Crippen molar-refractivity contribution in [2.45, 2.75) is 31.7 Å². The summed E-state index contributed by atoms with van der Waals surface area (Å²) in [4.78, 5) is 4.90. The first-order valence-corrected chi connectivity index (χ1v) is 8.81. The Morgan fingerprint density at radius 3 is 2.54 bits per heavy atom. The van der Waals surface area contributed by atoms with E-state index in [9.17, 15) is 0 Å². The normalized spacial score (nSPS) is 20.9. The Morgan fingerprint density at radius 2 is 1.79 bits per heavy atom. The number of para-hydroxylation sites is 1. The van der Waals surface area contributed by atoms with Crippen LogP contribution in [0.15, 0.2) is 59.6 Å². The molecule has 0 bridgehead atoms. The molecule has 0 saturated heterocycles. The van der Waals surface area contributed by atoms with Crippen LogP contribution < -0.4 is 10.1 Å². The van der Waals surface area contributed by atoms with Gasteiger partial charge in [0.1, 0.15) is 5.75 Å². The van der Waals surface area contributed by atoms with Gasteiger partial charge in [0.15, 0.2) is 0 Å². The number of hydrogen-bond acceptors (Lipinski definition) is 3. The second-order valence-electron chi connectivity index (χ2n) is 6.41. The molecule has 1 aliphatic rings. The molecular weight excluding hydrogens is 296 g/mol. The zero-order chi connectivity index (χ0) is 16.6. The number of benzene rings is 2. The predicted octanol–water partition coefficient (Wildman–Crippen LogP) is 4.79. The van der Waals surface area contributed by atoms with Gasteiger partial charge in [-0.2, -0.15) is 0 Å². The van der Waals surface area contributed by atoms with E-state index in [1.54, 1.807) is 7.11 Å². The highest BCUT2D eigenvalue weighted by molar-refractivity contribution is 5.79. The number of nitrogens with one attached hydrogen (secondary N) is 1. The zero-order valence-electron chi connectivity index (χ0n) is 14.3. The second kappa shape index (κ2) is 8.53. The van der Waals surface area contributed by atoms with Gasteiger partial charge in [-0.25, -0.2) is 0 Å². The first-order chi connectivity index (χ1) is 11.8. The number of hydrogen-bond donors (Lipinski definition) is 1. The lowest BCUT2D eigenvalue weighted by molar-refractivity contribution is 0.324. The number of methoxy groups -OCH3 is 1. The summed E-state index contributed by atoms with van der Waals surface area (Å²) in [6.45, 7) is 0.995. The van der Waals surface area contributed by atoms with Crippen LogP contribution in [0.3, 0.4) is 0 Å². The number of ether oxygens (including phenoxy) is 1. The van der Waals surface area contributed by atoms with Gasteiger partial charge >= 0.3 is 0 Å². The van der Waals surface area contributed by atoms with E-state index in [-0.39, 0.29) is 0 Å². The van der Waals surface area contributed by atoms with Gasteiger partial charge in [0.05, 0.1) is 13.2 Å². The molecule has 2 aromatic carbocycles. The Labute approximate surface area is 144 Å². The van der Waals surface area contributed by atoms with Crippen molar-refractivity contribution in [3.8, 4) is 5.75 Å². The van der Waals surface area contributed by atoms with E-state index in [2.05, 4.69) is 41.7 Å². The molecule has 0 amide bonds.